The Morgan fingerprint density at radius 2 is 1.74 bits per heavy atom. The van der Waals surface area contributed by atoms with Crippen molar-refractivity contribution in [2.45, 2.75) is 39.1 Å². The number of sulfonamides is 1. The summed E-state index contributed by atoms with van der Waals surface area (Å²) < 4.78 is 35.8. The van der Waals surface area contributed by atoms with Crippen molar-refractivity contribution in [2.24, 2.45) is 0 Å². The van der Waals surface area contributed by atoms with Crippen LogP contribution in [0.1, 0.15) is 34.2 Å². The number of piperazine rings is 1. The van der Waals surface area contributed by atoms with E-state index in [9.17, 15) is 18.0 Å². The molecule has 3 heterocycles. The summed E-state index contributed by atoms with van der Waals surface area (Å²) in [5.41, 5.74) is 3.77. The second-order valence-corrected chi connectivity index (χ2v) is 13.6. The minimum atomic E-state index is -3.82. The summed E-state index contributed by atoms with van der Waals surface area (Å²) in [6.45, 7) is 9.31. The standard InChI is InChI=1S/C29H33ClN6O5S2/c1-5-41-29(38)33-12-14-34(15-13-33)43(39,40)23-8-6-22(7-9-23)27(37)35(16-17-36-20(3)18-19(2)32-36)28-31-26-21(4)24(30)10-11-25(26)42-28/h6-11,18H,5,12-17H2,1-4H3. The lowest BCUT2D eigenvalue weighted by Crippen LogP contribution is -2.50. The van der Waals surface area contributed by atoms with E-state index in [1.54, 1.807) is 11.8 Å². The van der Waals surface area contributed by atoms with Crippen LogP contribution in [0.2, 0.25) is 5.02 Å². The molecule has 11 nitrogen and oxygen atoms in total. The number of fused-ring (bicyclic) bond motifs is 1. The van der Waals surface area contributed by atoms with Gasteiger partial charge >= 0.3 is 6.09 Å². The molecule has 2 amide bonds. The van der Waals surface area contributed by atoms with Crippen LogP contribution in [0.25, 0.3) is 10.2 Å². The van der Waals surface area contributed by atoms with Crippen molar-refractivity contribution in [2.75, 3.05) is 44.2 Å². The number of aryl methyl sites for hydroxylation is 3. The number of halogens is 1. The molecule has 14 heteroatoms. The van der Waals surface area contributed by atoms with Gasteiger partial charge in [0.2, 0.25) is 10.0 Å². The lowest BCUT2D eigenvalue weighted by molar-refractivity contribution is 0.0933. The van der Waals surface area contributed by atoms with Gasteiger partial charge in [-0.3, -0.25) is 14.4 Å². The maximum absolute atomic E-state index is 13.9. The predicted octanol–water partition coefficient (Wildman–Crippen LogP) is 4.88. The lowest BCUT2D eigenvalue weighted by Gasteiger charge is -2.33. The molecule has 228 valence electrons. The molecule has 2 aromatic carbocycles. The number of carbonyl (C=O) groups excluding carboxylic acids is 2. The Hall–Kier alpha value is -3.52. The van der Waals surface area contributed by atoms with E-state index < -0.39 is 16.1 Å². The third-order valence-corrected chi connectivity index (χ3v) is 10.7. The molecule has 0 spiro atoms. The van der Waals surface area contributed by atoms with Crippen molar-refractivity contribution in [3.05, 3.63) is 70.0 Å². The van der Waals surface area contributed by atoms with E-state index in [0.717, 1.165) is 27.2 Å². The average Bonchev–Trinajstić information content (AvgIpc) is 3.57. The largest absolute Gasteiger partial charge is 0.450 e. The highest BCUT2D eigenvalue weighted by atomic mass is 35.5. The van der Waals surface area contributed by atoms with Gasteiger partial charge in [0.1, 0.15) is 0 Å². The molecule has 0 atom stereocenters. The van der Waals surface area contributed by atoms with Crippen molar-refractivity contribution < 1.29 is 22.7 Å². The molecule has 0 aliphatic carbocycles. The predicted molar refractivity (Wildman–Crippen MR) is 167 cm³/mol. The summed E-state index contributed by atoms with van der Waals surface area (Å²) in [7, 11) is -3.82. The number of nitrogens with zero attached hydrogens (tertiary/aromatic N) is 6. The van der Waals surface area contributed by atoms with Gasteiger partial charge in [-0.25, -0.2) is 18.2 Å². The first-order valence-corrected chi connectivity index (χ1v) is 16.5. The molecule has 1 aliphatic rings. The number of thiazole rings is 1. The summed E-state index contributed by atoms with van der Waals surface area (Å²) in [4.78, 5) is 33.9. The summed E-state index contributed by atoms with van der Waals surface area (Å²) in [6.07, 6.45) is -0.448. The third kappa shape index (κ3) is 6.40. The molecule has 0 unspecified atom stereocenters. The van der Waals surface area contributed by atoms with Gasteiger partial charge in [-0.1, -0.05) is 22.9 Å². The SMILES string of the molecule is CCOC(=O)N1CCN(S(=O)(=O)c2ccc(C(=O)N(CCn3nc(C)cc3C)c3nc4c(C)c(Cl)ccc4s3)cc2)CC1. The maximum Gasteiger partial charge on any atom is 0.409 e. The van der Waals surface area contributed by atoms with Crippen LogP contribution >= 0.6 is 22.9 Å². The Labute approximate surface area is 259 Å². The highest BCUT2D eigenvalue weighted by molar-refractivity contribution is 7.89. The highest BCUT2D eigenvalue weighted by Crippen LogP contribution is 2.34. The van der Waals surface area contributed by atoms with Crippen molar-refractivity contribution in [1.29, 1.82) is 0 Å². The molecule has 1 fully saturated rings. The van der Waals surface area contributed by atoms with E-state index >= 15 is 0 Å². The molecule has 2 aromatic heterocycles. The number of ether oxygens (including phenoxy) is 1. The second-order valence-electron chi connectivity index (χ2n) is 10.2. The van der Waals surface area contributed by atoms with E-state index in [-0.39, 0.29) is 43.6 Å². The fourth-order valence-electron chi connectivity index (χ4n) is 4.98. The van der Waals surface area contributed by atoms with Crippen molar-refractivity contribution in [3.63, 3.8) is 0 Å². The van der Waals surface area contributed by atoms with Crippen LogP contribution in [0.4, 0.5) is 9.93 Å². The quantitative estimate of drug-likeness (QED) is 0.268. The summed E-state index contributed by atoms with van der Waals surface area (Å²) in [6, 6.07) is 11.6. The van der Waals surface area contributed by atoms with Crippen LogP contribution in [0.5, 0.6) is 0 Å². The number of hydrogen-bond acceptors (Lipinski definition) is 8. The smallest absolute Gasteiger partial charge is 0.409 e. The molecule has 0 N–H and O–H groups in total. The van der Waals surface area contributed by atoms with Crippen LogP contribution in [-0.2, 0) is 21.3 Å². The molecule has 0 saturated carbocycles. The molecule has 0 bridgehead atoms. The van der Waals surface area contributed by atoms with Gasteiger partial charge < -0.3 is 9.64 Å². The highest BCUT2D eigenvalue weighted by Gasteiger charge is 2.31. The normalized spacial score (nSPS) is 14.3. The fourth-order valence-corrected chi connectivity index (χ4v) is 7.61. The third-order valence-electron chi connectivity index (χ3n) is 7.36. The Bertz CT molecular complexity index is 1760. The van der Waals surface area contributed by atoms with Crippen LogP contribution in [0.15, 0.2) is 47.4 Å². The molecule has 43 heavy (non-hydrogen) atoms. The summed E-state index contributed by atoms with van der Waals surface area (Å²) >= 11 is 7.73. The number of rotatable bonds is 8. The number of hydrogen-bond donors (Lipinski definition) is 0. The van der Waals surface area contributed by atoms with E-state index in [0.29, 0.717) is 28.8 Å². The van der Waals surface area contributed by atoms with E-state index in [4.69, 9.17) is 21.3 Å². The first kappa shape index (κ1) is 30.9. The van der Waals surface area contributed by atoms with Crippen LogP contribution < -0.4 is 4.90 Å². The van der Waals surface area contributed by atoms with Gasteiger partial charge in [-0.05, 0) is 75.7 Å². The second kappa shape index (κ2) is 12.6. The monoisotopic (exact) mass is 644 g/mol. The molecule has 1 aliphatic heterocycles. The maximum atomic E-state index is 13.9. The number of amides is 2. The van der Waals surface area contributed by atoms with Gasteiger partial charge in [-0.2, -0.15) is 9.40 Å². The first-order chi connectivity index (χ1) is 20.5. The summed E-state index contributed by atoms with van der Waals surface area (Å²) in [5, 5.41) is 5.64. The average molecular weight is 645 g/mol. The molecule has 1 saturated heterocycles. The molecular weight excluding hydrogens is 612 g/mol. The van der Waals surface area contributed by atoms with Gasteiger partial charge in [0.25, 0.3) is 5.91 Å². The first-order valence-electron chi connectivity index (χ1n) is 13.9. The van der Waals surface area contributed by atoms with Crippen LogP contribution in [0.3, 0.4) is 0 Å². The van der Waals surface area contributed by atoms with Crippen molar-refractivity contribution in [3.8, 4) is 0 Å². The van der Waals surface area contributed by atoms with Gasteiger partial charge in [0.05, 0.1) is 34.0 Å². The Kier molecular flexibility index (Phi) is 9.07. The lowest BCUT2D eigenvalue weighted by atomic mass is 10.2. The van der Waals surface area contributed by atoms with Gasteiger partial charge in [0, 0.05) is 49.0 Å². The zero-order valence-electron chi connectivity index (χ0n) is 24.4. The van der Waals surface area contributed by atoms with Gasteiger partial charge in [0.15, 0.2) is 5.13 Å². The Balaban J connectivity index is 1.38. The number of carbonyl (C=O) groups is 2. The number of anilines is 1. The topological polar surface area (TPSA) is 118 Å². The molecule has 5 rings (SSSR count). The summed E-state index contributed by atoms with van der Waals surface area (Å²) in [5.74, 6) is -0.309. The van der Waals surface area contributed by atoms with Crippen molar-refractivity contribution >= 4 is 60.3 Å². The zero-order chi connectivity index (χ0) is 30.9. The van der Waals surface area contributed by atoms with Gasteiger partial charge in [-0.15, -0.1) is 0 Å². The van der Waals surface area contributed by atoms with E-state index in [2.05, 4.69) is 5.10 Å². The Morgan fingerprint density at radius 1 is 1.05 bits per heavy atom. The Morgan fingerprint density at radius 3 is 2.37 bits per heavy atom. The van der Waals surface area contributed by atoms with E-state index in [1.807, 2.05) is 43.7 Å². The van der Waals surface area contributed by atoms with Crippen molar-refractivity contribution in [1.82, 2.24) is 24.0 Å². The zero-order valence-corrected chi connectivity index (χ0v) is 26.8. The minimum Gasteiger partial charge on any atom is -0.450 e. The number of benzene rings is 2. The molecule has 4 aromatic rings. The molecule has 0 radical (unpaired) electrons. The van der Waals surface area contributed by atoms with E-state index in [1.165, 1.54) is 44.8 Å². The number of aromatic nitrogens is 3. The minimum absolute atomic E-state index is 0.0769. The molecular formula is C29H33ClN6O5S2. The van der Waals surface area contributed by atoms with Crippen LogP contribution in [-0.4, -0.2) is 83.7 Å². The van der Waals surface area contributed by atoms with Crippen LogP contribution in [0, 0.1) is 20.8 Å². The fraction of sp³-hybridized carbons (Fsp3) is 0.379.